The Morgan fingerprint density at radius 2 is 0.970 bits per heavy atom. The fourth-order valence-electron chi connectivity index (χ4n) is 4.81. The fourth-order valence-corrected chi connectivity index (χ4v) is 4.81. The molecule has 0 amide bonds. The number of benzene rings is 2. The Kier molecular flexibility index (Phi) is 10.4. The predicted octanol–water partition coefficient (Wildman–Crippen LogP) is 5.01. The second kappa shape index (κ2) is 12.7. The summed E-state index contributed by atoms with van der Waals surface area (Å²) >= 11 is 0. The van der Waals surface area contributed by atoms with Crippen LogP contribution in [-0.4, -0.2) is 22.2 Å². The van der Waals surface area contributed by atoms with E-state index < -0.39 is 23.4 Å². The predicted molar refractivity (Wildman–Crippen MR) is 117 cm³/mol. The first-order valence-electron chi connectivity index (χ1n) is 11.5. The van der Waals surface area contributed by atoms with Gasteiger partial charge in [-0.3, -0.25) is 0 Å². The SMILES string of the molecule is O=C(O)c1cc(C2CCCCC2)ccc1[O-].O=C(O)c1cc(C2CCCCC2)ccc1[O-].[Zn+2]. The van der Waals surface area contributed by atoms with Gasteiger partial charge in [0.05, 0.1) is 11.1 Å². The summed E-state index contributed by atoms with van der Waals surface area (Å²) in [6.45, 7) is 0. The smallest absolute Gasteiger partial charge is 0.872 e. The van der Waals surface area contributed by atoms with Gasteiger partial charge in [0.25, 0.3) is 0 Å². The summed E-state index contributed by atoms with van der Waals surface area (Å²) < 4.78 is 0. The van der Waals surface area contributed by atoms with Crippen molar-refractivity contribution in [2.45, 2.75) is 76.0 Å². The van der Waals surface area contributed by atoms with Crippen LogP contribution < -0.4 is 10.2 Å². The standard InChI is InChI=1S/2C13H16O3.Zn/c2*14-12-7-6-10(8-11(12)13(15)16)9-4-2-1-3-5-9;/h2*6-9,14H,1-5H2,(H,15,16);/q;;+2/p-2. The minimum absolute atomic E-state index is 0. The summed E-state index contributed by atoms with van der Waals surface area (Å²) in [5, 5.41) is 40.4. The van der Waals surface area contributed by atoms with E-state index >= 15 is 0 Å². The summed E-state index contributed by atoms with van der Waals surface area (Å²) in [5.41, 5.74) is 1.83. The van der Waals surface area contributed by atoms with E-state index in [1.165, 1.54) is 50.7 Å². The van der Waals surface area contributed by atoms with E-state index in [9.17, 15) is 19.8 Å². The molecule has 0 aliphatic heterocycles. The van der Waals surface area contributed by atoms with Gasteiger partial charge in [0, 0.05) is 0 Å². The number of carboxylic acid groups (broad SMARTS) is 2. The third kappa shape index (κ3) is 7.30. The molecule has 0 heterocycles. The largest absolute Gasteiger partial charge is 2.00 e. The Morgan fingerprint density at radius 1 is 0.636 bits per heavy atom. The van der Waals surface area contributed by atoms with Crippen molar-refractivity contribution in [3.8, 4) is 11.5 Å². The second-order valence-corrected chi connectivity index (χ2v) is 8.79. The van der Waals surface area contributed by atoms with Crippen molar-refractivity contribution >= 4 is 11.9 Å². The van der Waals surface area contributed by atoms with E-state index in [1.807, 2.05) is 0 Å². The molecule has 2 aliphatic carbocycles. The van der Waals surface area contributed by atoms with Crippen LogP contribution in [-0.2, 0) is 19.5 Å². The van der Waals surface area contributed by atoms with Gasteiger partial charge in [0.2, 0.25) is 0 Å². The topological polar surface area (TPSA) is 121 Å². The van der Waals surface area contributed by atoms with Crippen LogP contribution in [0.1, 0.15) is 108 Å². The van der Waals surface area contributed by atoms with E-state index in [-0.39, 0.29) is 30.6 Å². The van der Waals surface area contributed by atoms with Gasteiger partial charge in [0.15, 0.2) is 0 Å². The first kappa shape index (κ1) is 26.9. The van der Waals surface area contributed by atoms with E-state index in [4.69, 9.17) is 10.2 Å². The Balaban J connectivity index is 0.000000227. The molecule has 2 aromatic rings. The molecule has 2 N–H and O–H groups in total. The number of hydrogen-bond donors (Lipinski definition) is 2. The number of carboxylic acids is 2. The van der Waals surface area contributed by atoms with Gasteiger partial charge in [-0.05, 0) is 60.8 Å². The number of aromatic carboxylic acids is 2. The molecule has 6 nitrogen and oxygen atoms in total. The van der Waals surface area contributed by atoms with Crippen LogP contribution in [0.5, 0.6) is 11.5 Å². The van der Waals surface area contributed by atoms with E-state index in [0.29, 0.717) is 11.8 Å². The van der Waals surface area contributed by atoms with Crippen LogP contribution >= 0.6 is 0 Å². The van der Waals surface area contributed by atoms with Crippen molar-refractivity contribution in [3.63, 3.8) is 0 Å². The first-order chi connectivity index (χ1) is 15.4. The Labute approximate surface area is 207 Å². The zero-order valence-corrected chi connectivity index (χ0v) is 21.9. The molecule has 2 fully saturated rings. The number of hydrogen-bond acceptors (Lipinski definition) is 4. The Morgan fingerprint density at radius 3 is 1.27 bits per heavy atom. The van der Waals surface area contributed by atoms with Gasteiger partial charge in [-0.15, -0.1) is 0 Å². The van der Waals surface area contributed by atoms with E-state index in [2.05, 4.69) is 0 Å². The van der Waals surface area contributed by atoms with Crippen LogP contribution in [0.2, 0.25) is 0 Å². The van der Waals surface area contributed by atoms with E-state index in [1.54, 1.807) is 24.3 Å². The number of rotatable bonds is 4. The van der Waals surface area contributed by atoms with Gasteiger partial charge in [-0.2, -0.15) is 0 Å². The fraction of sp³-hybridized carbons (Fsp3) is 0.462. The summed E-state index contributed by atoms with van der Waals surface area (Å²) in [5.74, 6) is -2.16. The van der Waals surface area contributed by atoms with Crippen molar-refractivity contribution in [3.05, 3.63) is 58.7 Å². The molecular weight excluding hydrogens is 474 g/mol. The van der Waals surface area contributed by atoms with Gasteiger partial charge < -0.3 is 20.4 Å². The van der Waals surface area contributed by atoms with Crippen LogP contribution in [0.15, 0.2) is 36.4 Å². The molecule has 0 bridgehead atoms. The molecule has 2 aliphatic rings. The third-order valence-corrected chi connectivity index (χ3v) is 6.62. The summed E-state index contributed by atoms with van der Waals surface area (Å²) in [6, 6.07) is 9.44. The molecule has 0 aromatic heterocycles. The van der Waals surface area contributed by atoms with Crippen molar-refractivity contribution in [2.24, 2.45) is 0 Å². The molecule has 0 radical (unpaired) electrons. The van der Waals surface area contributed by atoms with Gasteiger partial charge in [-0.1, -0.05) is 74.3 Å². The molecule has 0 spiro atoms. The zero-order valence-electron chi connectivity index (χ0n) is 18.9. The molecule has 0 unspecified atom stereocenters. The maximum absolute atomic E-state index is 11.3. The minimum Gasteiger partial charge on any atom is -0.872 e. The molecule has 2 saturated carbocycles. The molecule has 0 saturated heterocycles. The van der Waals surface area contributed by atoms with Crippen LogP contribution in [0.4, 0.5) is 0 Å². The summed E-state index contributed by atoms with van der Waals surface area (Å²) in [4.78, 5) is 21.7. The minimum atomic E-state index is -1.12. The van der Waals surface area contributed by atoms with Crippen molar-refractivity contribution in [2.75, 3.05) is 0 Å². The summed E-state index contributed by atoms with van der Waals surface area (Å²) in [7, 11) is 0. The van der Waals surface area contributed by atoms with Crippen molar-refractivity contribution < 1.29 is 49.5 Å². The summed E-state index contributed by atoms with van der Waals surface area (Å²) in [6.07, 6.45) is 11.8. The molecule has 172 valence electrons. The maximum Gasteiger partial charge on any atom is 2.00 e. The third-order valence-electron chi connectivity index (χ3n) is 6.62. The Bertz CT molecular complexity index is 868. The molecular formula is C26H30O6Zn. The van der Waals surface area contributed by atoms with Crippen LogP contribution in [0, 0.1) is 0 Å². The zero-order chi connectivity index (χ0) is 23.1. The van der Waals surface area contributed by atoms with Crippen LogP contribution in [0.3, 0.4) is 0 Å². The first-order valence-corrected chi connectivity index (χ1v) is 11.5. The quantitative estimate of drug-likeness (QED) is 0.566. The van der Waals surface area contributed by atoms with Gasteiger partial charge >= 0.3 is 31.4 Å². The van der Waals surface area contributed by atoms with Crippen LogP contribution in [0.25, 0.3) is 0 Å². The Hall–Kier alpha value is -2.40. The molecule has 2 aromatic carbocycles. The molecule has 7 heteroatoms. The van der Waals surface area contributed by atoms with Gasteiger partial charge in [-0.25, -0.2) is 9.59 Å². The number of carbonyl (C=O) groups is 2. The average Bonchev–Trinajstić information content (AvgIpc) is 2.81. The molecule has 4 rings (SSSR count). The normalized spacial score (nSPS) is 16.7. The van der Waals surface area contributed by atoms with Crippen molar-refractivity contribution in [1.82, 2.24) is 0 Å². The molecule has 33 heavy (non-hydrogen) atoms. The monoisotopic (exact) mass is 502 g/mol. The second-order valence-electron chi connectivity index (χ2n) is 8.79. The van der Waals surface area contributed by atoms with E-state index in [0.717, 1.165) is 36.8 Å². The average molecular weight is 504 g/mol. The molecule has 0 atom stereocenters. The van der Waals surface area contributed by atoms with Gasteiger partial charge in [0.1, 0.15) is 0 Å². The van der Waals surface area contributed by atoms with Crippen molar-refractivity contribution in [1.29, 1.82) is 0 Å². The maximum atomic E-state index is 11.3.